The van der Waals surface area contributed by atoms with Gasteiger partial charge in [-0.15, -0.1) is 0 Å². The molecule has 0 unspecified atom stereocenters. The second-order valence-corrected chi connectivity index (χ2v) is 5.16. The van der Waals surface area contributed by atoms with Crippen molar-refractivity contribution in [3.63, 3.8) is 0 Å². The van der Waals surface area contributed by atoms with Crippen LogP contribution in [0.2, 0.25) is 0 Å². The summed E-state index contributed by atoms with van der Waals surface area (Å²) in [4.78, 5) is 0. The Morgan fingerprint density at radius 1 is 1.33 bits per heavy atom. The molecule has 1 aliphatic carbocycles. The van der Waals surface area contributed by atoms with Crippen LogP contribution >= 0.6 is 0 Å². The molecule has 0 aromatic heterocycles. The van der Waals surface area contributed by atoms with Crippen molar-refractivity contribution in [2.24, 2.45) is 11.7 Å². The van der Waals surface area contributed by atoms with Crippen LogP contribution < -0.4 is 5.73 Å². The molecule has 0 bridgehead atoms. The standard InChI is InChI=1S/C12H25NO2/c1-12(2,14)15-11(9-13)8-10-6-4-3-5-7-10/h10-11,14H,3-9,13H2,1-2H3/t11-/m1/s1. The minimum atomic E-state index is -1.06. The van der Waals surface area contributed by atoms with Crippen molar-refractivity contribution in [1.82, 2.24) is 0 Å². The van der Waals surface area contributed by atoms with Gasteiger partial charge in [0.15, 0.2) is 5.79 Å². The summed E-state index contributed by atoms with van der Waals surface area (Å²) in [5.74, 6) is -0.312. The molecule has 1 fully saturated rings. The summed E-state index contributed by atoms with van der Waals surface area (Å²) in [6, 6.07) is 0. The van der Waals surface area contributed by atoms with Gasteiger partial charge in [-0.1, -0.05) is 32.1 Å². The Labute approximate surface area is 93.0 Å². The summed E-state index contributed by atoms with van der Waals surface area (Å²) in [5, 5.41) is 9.57. The SMILES string of the molecule is CC(C)(O)O[C@@H](CN)CC1CCCCC1. The van der Waals surface area contributed by atoms with E-state index in [4.69, 9.17) is 10.5 Å². The van der Waals surface area contributed by atoms with Gasteiger partial charge in [0, 0.05) is 6.54 Å². The van der Waals surface area contributed by atoms with Crippen LogP contribution in [-0.2, 0) is 4.74 Å². The van der Waals surface area contributed by atoms with Gasteiger partial charge >= 0.3 is 0 Å². The number of nitrogens with two attached hydrogens (primary N) is 1. The smallest absolute Gasteiger partial charge is 0.160 e. The van der Waals surface area contributed by atoms with Crippen LogP contribution in [0.1, 0.15) is 52.4 Å². The minimum absolute atomic E-state index is 0.00750. The van der Waals surface area contributed by atoms with E-state index in [2.05, 4.69) is 0 Å². The average Bonchev–Trinajstić information content (AvgIpc) is 2.16. The highest BCUT2D eigenvalue weighted by Crippen LogP contribution is 2.28. The molecule has 3 nitrogen and oxygen atoms in total. The molecule has 15 heavy (non-hydrogen) atoms. The van der Waals surface area contributed by atoms with E-state index >= 15 is 0 Å². The molecule has 3 N–H and O–H groups in total. The van der Waals surface area contributed by atoms with Crippen molar-refractivity contribution in [2.45, 2.75) is 64.3 Å². The van der Waals surface area contributed by atoms with Gasteiger partial charge in [-0.3, -0.25) is 0 Å². The lowest BCUT2D eigenvalue weighted by atomic mass is 9.85. The number of aliphatic hydroxyl groups is 1. The van der Waals surface area contributed by atoms with Crippen LogP contribution in [0.4, 0.5) is 0 Å². The Hall–Kier alpha value is -0.120. The molecule has 0 amide bonds. The van der Waals surface area contributed by atoms with Gasteiger partial charge in [-0.05, 0) is 26.2 Å². The quantitative estimate of drug-likeness (QED) is 0.690. The molecule has 0 radical (unpaired) electrons. The fraction of sp³-hybridized carbons (Fsp3) is 1.00. The van der Waals surface area contributed by atoms with E-state index in [1.54, 1.807) is 13.8 Å². The number of rotatable bonds is 5. The lowest BCUT2D eigenvalue weighted by molar-refractivity contribution is -0.206. The summed E-state index contributed by atoms with van der Waals surface area (Å²) in [7, 11) is 0. The summed E-state index contributed by atoms with van der Waals surface area (Å²) >= 11 is 0. The molecule has 0 heterocycles. The predicted octanol–water partition coefficient (Wildman–Crippen LogP) is 2.03. The summed E-state index contributed by atoms with van der Waals surface area (Å²) < 4.78 is 5.52. The first-order chi connectivity index (χ1) is 7.01. The molecule has 3 heteroatoms. The van der Waals surface area contributed by atoms with Crippen LogP contribution in [0.3, 0.4) is 0 Å². The van der Waals surface area contributed by atoms with Crippen molar-refractivity contribution in [2.75, 3.05) is 6.54 Å². The van der Waals surface area contributed by atoms with Gasteiger partial charge in [0.05, 0.1) is 6.10 Å². The molecule has 1 rings (SSSR count). The number of hydrogen-bond acceptors (Lipinski definition) is 3. The lowest BCUT2D eigenvalue weighted by Crippen LogP contribution is -2.36. The maximum atomic E-state index is 9.57. The molecule has 90 valence electrons. The van der Waals surface area contributed by atoms with E-state index in [1.165, 1.54) is 32.1 Å². The zero-order valence-corrected chi connectivity index (χ0v) is 10.0. The molecule has 0 aromatic rings. The fourth-order valence-corrected chi connectivity index (χ4v) is 2.39. The summed E-state index contributed by atoms with van der Waals surface area (Å²) in [6.45, 7) is 3.83. The molecule has 0 aromatic carbocycles. The van der Waals surface area contributed by atoms with E-state index in [9.17, 15) is 5.11 Å². The summed E-state index contributed by atoms with van der Waals surface area (Å²) in [6.07, 6.45) is 7.65. The monoisotopic (exact) mass is 215 g/mol. The van der Waals surface area contributed by atoms with Gasteiger partial charge in [0.2, 0.25) is 0 Å². The first-order valence-corrected chi connectivity index (χ1v) is 6.11. The molecular weight excluding hydrogens is 190 g/mol. The Morgan fingerprint density at radius 2 is 1.93 bits per heavy atom. The van der Waals surface area contributed by atoms with Crippen molar-refractivity contribution in [3.05, 3.63) is 0 Å². The second-order valence-electron chi connectivity index (χ2n) is 5.16. The van der Waals surface area contributed by atoms with Gasteiger partial charge in [0.25, 0.3) is 0 Å². The topological polar surface area (TPSA) is 55.5 Å². The Morgan fingerprint density at radius 3 is 2.40 bits per heavy atom. The number of ether oxygens (including phenoxy) is 1. The van der Waals surface area contributed by atoms with E-state index in [-0.39, 0.29) is 6.10 Å². The maximum absolute atomic E-state index is 9.57. The molecule has 0 spiro atoms. The zero-order chi connectivity index (χ0) is 11.3. The molecular formula is C12H25NO2. The second kappa shape index (κ2) is 5.83. The average molecular weight is 215 g/mol. The maximum Gasteiger partial charge on any atom is 0.160 e. The van der Waals surface area contributed by atoms with Crippen molar-refractivity contribution >= 4 is 0 Å². The number of hydrogen-bond donors (Lipinski definition) is 2. The Kier molecular flexibility index (Phi) is 5.03. The van der Waals surface area contributed by atoms with Crippen LogP contribution in [0.5, 0.6) is 0 Å². The third kappa shape index (κ3) is 5.50. The largest absolute Gasteiger partial charge is 0.366 e. The van der Waals surface area contributed by atoms with Crippen LogP contribution in [-0.4, -0.2) is 23.5 Å². The molecule has 1 atom stereocenters. The highest BCUT2D eigenvalue weighted by Gasteiger charge is 2.23. The van der Waals surface area contributed by atoms with Gasteiger partial charge in [-0.25, -0.2) is 0 Å². The first kappa shape index (κ1) is 12.9. The molecule has 0 aliphatic heterocycles. The van der Waals surface area contributed by atoms with Crippen molar-refractivity contribution in [3.8, 4) is 0 Å². The van der Waals surface area contributed by atoms with Gasteiger partial charge < -0.3 is 15.6 Å². The van der Waals surface area contributed by atoms with Crippen LogP contribution in [0, 0.1) is 5.92 Å². The van der Waals surface area contributed by atoms with Crippen molar-refractivity contribution in [1.29, 1.82) is 0 Å². The molecule has 1 aliphatic rings. The third-order valence-corrected chi connectivity index (χ3v) is 3.04. The Balaban J connectivity index is 2.31. The van der Waals surface area contributed by atoms with E-state index in [1.807, 2.05) is 0 Å². The Bertz CT molecular complexity index is 171. The molecule has 1 saturated carbocycles. The lowest BCUT2D eigenvalue weighted by Gasteiger charge is -2.30. The normalized spacial score (nSPS) is 21.6. The highest BCUT2D eigenvalue weighted by molar-refractivity contribution is 4.72. The van der Waals surface area contributed by atoms with E-state index in [0.29, 0.717) is 6.54 Å². The van der Waals surface area contributed by atoms with Crippen LogP contribution in [0.25, 0.3) is 0 Å². The third-order valence-electron chi connectivity index (χ3n) is 3.04. The van der Waals surface area contributed by atoms with Gasteiger partial charge in [-0.2, -0.15) is 0 Å². The van der Waals surface area contributed by atoms with E-state index in [0.717, 1.165) is 12.3 Å². The first-order valence-electron chi connectivity index (χ1n) is 6.11. The molecule has 0 saturated heterocycles. The predicted molar refractivity (Wildman–Crippen MR) is 61.4 cm³/mol. The summed E-state index contributed by atoms with van der Waals surface area (Å²) in [5.41, 5.74) is 5.66. The van der Waals surface area contributed by atoms with E-state index < -0.39 is 5.79 Å². The highest BCUT2D eigenvalue weighted by atomic mass is 16.6. The van der Waals surface area contributed by atoms with Gasteiger partial charge in [0.1, 0.15) is 0 Å². The fourth-order valence-electron chi connectivity index (χ4n) is 2.39. The minimum Gasteiger partial charge on any atom is -0.366 e. The van der Waals surface area contributed by atoms with Crippen molar-refractivity contribution < 1.29 is 9.84 Å². The van der Waals surface area contributed by atoms with Crippen LogP contribution in [0.15, 0.2) is 0 Å². The zero-order valence-electron chi connectivity index (χ0n) is 10.0.